The van der Waals surface area contributed by atoms with Gasteiger partial charge in [0.15, 0.2) is 5.78 Å². The van der Waals surface area contributed by atoms with Crippen LogP contribution in [-0.2, 0) is 11.2 Å². The monoisotopic (exact) mass is 417 g/mol. The molecule has 2 heterocycles. The van der Waals surface area contributed by atoms with Crippen LogP contribution in [0.1, 0.15) is 59.8 Å². The zero-order valence-electron chi connectivity index (χ0n) is 18.1. The highest BCUT2D eigenvalue weighted by atomic mass is 16.5. The van der Waals surface area contributed by atoms with Crippen LogP contribution >= 0.6 is 0 Å². The molecule has 6 nitrogen and oxygen atoms in total. The minimum absolute atomic E-state index is 0.0805. The first kappa shape index (κ1) is 20.8. The van der Waals surface area contributed by atoms with Gasteiger partial charge in [-0.2, -0.15) is 5.10 Å². The van der Waals surface area contributed by atoms with Gasteiger partial charge in [0.05, 0.1) is 23.9 Å². The van der Waals surface area contributed by atoms with Gasteiger partial charge in [-0.05, 0) is 61.7 Å². The van der Waals surface area contributed by atoms with Crippen LogP contribution in [0, 0.1) is 6.92 Å². The minimum atomic E-state index is -0.561. The van der Waals surface area contributed by atoms with Crippen molar-refractivity contribution in [2.45, 2.75) is 46.0 Å². The number of anilines is 1. The largest absolute Gasteiger partial charge is 0.494 e. The Morgan fingerprint density at radius 2 is 1.97 bits per heavy atom. The topological polar surface area (TPSA) is 73.2 Å². The van der Waals surface area contributed by atoms with Crippen molar-refractivity contribution >= 4 is 17.5 Å². The van der Waals surface area contributed by atoms with E-state index in [9.17, 15) is 9.59 Å². The van der Waals surface area contributed by atoms with Crippen LogP contribution in [0.3, 0.4) is 0 Å². The number of carbonyl (C=O) groups is 2. The molecule has 0 radical (unpaired) electrons. The normalized spacial score (nSPS) is 15.3. The molecule has 1 aliphatic heterocycles. The first-order valence-electron chi connectivity index (χ1n) is 10.8. The molecule has 1 aliphatic rings. The first-order chi connectivity index (χ1) is 15.0. The van der Waals surface area contributed by atoms with E-state index in [0.29, 0.717) is 18.0 Å². The van der Waals surface area contributed by atoms with Gasteiger partial charge < -0.3 is 10.1 Å². The zero-order valence-corrected chi connectivity index (χ0v) is 18.1. The summed E-state index contributed by atoms with van der Waals surface area (Å²) in [4.78, 5) is 25.9. The van der Waals surface area contributed by atoms with E-state index in [1.54, 1.807) is 28.9 Å². The number of hydrogen-bond acceptors (Lipinski definition) is 4. The number of ether oxygens (including phenoxy) is 1. The molecule has 0 unspecified atom stereocenters. The summed E-state index contributed by atoms with van der Waals surface area (Å²) < 4.78 is 7.35. The highest BCUT2D eigenvalue weighted by molar-refractivity contribution is 6.08. The van der Waals surface area contributed by atoms with Gasteiger partial charge in [0, 0.05) is 17.5 Å². The lowest BCUT2D eigenvalue weighted by Crippen LogP contribution is -2.28. The molecule has 0 aliphatic carbocycles. The summed E-state index contributed by atoms with van der Waals surface area (Å²) in [6, 6.07) is 15.2. The molecular formula is C25H27N3O3. The van der Waals surface area contributed by atoms with Crippen molar-refractivity contribution in [1.29, 1.82) is 0 Å². The Bertz CT molecular complexity index is 1120. The molecule has 0 bridgehead atoms. The number of nitrogens with zero attached hydrogens (tertiary/aromatic N) is 2. The van der Waals surface area contributed by atoms with Crippen LogP contribution in [0.4, 0.5) is 5.82 Å². The molecule has 2 aromatic carbocycles. The lowest BCUT2D eigenvalue weighted by molar-refractivity contribution is -0.116. The number of carbonyl (C=O) groups excluding carboxylic acids is 2. The fraction of sp³-hybridized carbons (Fsp3) is 0.320. The molecule has 1 aromatic heterocycles. The maximum absolute atomic E-state index is 13.4. The predicted octanol–water partition coefficient (Wildman–Crippen LogP) is 4.84. The average Bonchev–Trinajstić information content (AvgIpc) is 3.13. The molecule has 0 saturated heterocycles. The molecule has 160 valence electrons. The van der Waals surface area contributed by atoms with Gasteiger partial charge >= 0.3 is 0 Å². The molecule has 1 N–H and O–H groups in total. The van der Waals surface area contributed by atoms with Crippen molar-refractivity contribution in [2.75, 3.05) is 11.9 Å². The quantitative estimate of drug-likeness (QED) is 0.558. The predicted molar refractivity (Wildman–Crippen MR) is 120 cm³/mol. The average molecular weight is 418 g/mol. The lowest BCUT2D eigenvalue weighted by Gasteiger charge is -2.23. The van der Waals surface area contributed by atoms with Gasteiger partial charge in [0.2, 0.25) is 5.91 Å². The number of aromatic nitrogens is 2. The van der Waals surface area contributed by atoms with Crippen molar-refractivity contribution in [3.8, 4) is 11.4 Å². The zero-order chi connectivity index (χ0) is 22.0. The molecule has 6 heteroatoms. The number of ketones is 1. The van der Waals surface area contributed by atoms with E-state index in [1.807, 2.05) is 26.0 Å². The second-order valence-corrected chi connectivity index (χ2v) is 7.82. The van der Waals surface area contributed by atoms with Crippen molar-refractivity contribution in [2.24, 2.45) is 0 Å². The Kier molecular flexibility index (Phi) is 5.89. The number of benzene rings is 2. The Morgan fingerprint density at radius 3 is 2.68 bits per heavy atom. The van der Waals surface area contributed by atoms with E-state index in [0.717, 1.165) is 35.5 Å². The lowest BCUT2D eigenvalue weighted by atomic mass is 9.85. The maximum atomic E-state index is 13.4. The van der Waals surface area contributed by atoms with Crippen LogP contribution in [-0.4, -0.2) is 28.1 Å². The Labute approximate surface area is 182 Å². The van der Waals surface area contributed by atoms with E-state index in [-0.39, 0.29) is 18.1 Å². The fourth-order valence-corrected chi connectivity index (χ4v) is 4.00. The summed E-state index contributed by atoms with van der Waals surface area (Å²) in [7, 11) is 0. The van der Waals surface area contributed by atoms with Gasteiger partial charge in [0.1, 0.15) is 11.6 Å². The first-order valence-corrected chi connectivity index (χ1v) is 10.8. The van der Waals surface area contributed by atoms with Gasteiger partial charge in [-0.15, -0.1) is 0 Å². The van der Waals surface area contributed by atoms with Crippen LogP contribution in [0.25, 0.3) is 5.69 Å². The summed E-state index contributed by atoms with van der Waals surface area (Å²) in [6.07, 6.45) is 1.94. The Balaban J connectivity index is 1.70. The van der Waals surface area contributed by atoms with Crippen molar-refractivity contribution in [3.05, 3.63) is 70.9 Å². The molecule has 0 saturated carbocycles. The number of Topliss-reactive ketones (excluding diaryl/α,β-unsaturated/α-hetero) is 1. The number of fused-ring (bicyclic) bond motifs is 1. The third kappa shape index (κ3) is 4.10. The minimum Gasteiger partial charge on any atom is -0.494 e. The smallest absolute Gasteiger partial charge is 0.226 e. The van der Waals surface area contributed by atoms with Crippen molar-refractivity contribution < 1.29 is 14.3 Å². The number of rotatable bonds is 7. The number of amides is 1. The number of aryl methyl sites for hydroxylation is 2. The highest BCUT2D eigenvalue weighted by Gasteiger charge is 2.36. The van der Waals surface area contributed by atoms with Crippen LogP contribution in [0.15, 0.2) is 48.5 Å². The third-order valence-corrected chi connectivity index (χ3v) is 5.59. The van der Waals surface area contributed by atoms with Crippen molar-refractivity contribution in [1.82, 2.24) is 9.78 Å². The molecule has 1 amide bonds. The summed E-state index contributed by atoms with van der Waals surface area (Å²) in [6.45, 7) is 6.66. The van der Waals surface area contributed by atoms with E-state index in [4.69, 9.17) is 4.74 Å². The maximum Gasteiger partial charge on any atom is 0.226 e. The Hall–Kier alpha value is -3.41. The van der Waals surface area contributed by atoms with E-state index < -0.39 is 5.92 Å². The second kappa shape index (κ2) is 8.76. The number of hydrogen-bond donors (Lipinski definition) is 1. The van der Waals surface area contributed by atoms with E-state index >= 15 is 0 Å². The molecular weight excluding hydrogens is 390 g/mol. The molecule has 3 aromatic rings. The summed E-state index contributed by atoms with van der Waals surface area (Å²) in [5.74, 6) is 0.502. The summed E-state index contributed by atoms with van der Waals surface area (Å²) >= 11 is 0. The molecule has 0 fully saturated rings. The van der Waals surface area contributed by atoms with E-state index in [1.165, 1.54) is 5.56 Å². The Morgan fingerprint density at radius 1 is 1.19 bits per heavy atom. The van der Waals surface area contributed by atoms with Gasteiger partial charge in [-0.3, -0.25) is 9.59 Å². The number of nitrogens with one attached hydrogen (secondary N) is 1. The van der Waals surface area contributed by atoms with Gasteiger partial charge in [-0.1, -0.05) is 26.0 Å². The van der Waals surface area contributed by atoms with Crippen molar-refractivity contribution in [3.63, 3.8) is 0 Å². The van der Waals surface area contributed by atoms with Crippen LogP contribution in [0.2, 0.25) is 0 Å². The summed E-state index contributed by atoms with van der Waals surface area (Å²) in [5, 5.41) is 7.62. The standard InChI is InChI=1S/C25H27N3O3/c1-4-13-31-20-11-9-18(10-12-20)24(30)21-15-22(29)26-25-23(21)16(3)27-28(25)19-8-6-7-17(5-2)14-19/h6-12,14,21H,4-5,13,15H2,1-3H3,(H,26,29)/t21-/m1/s1. The fourth-order valence-electron chi connectivity index (χ4n) is 4.00. The van der Waals surface area contributed by atoms with Crippen LogP contribution < -0.4 is 10.1 Å². The molecule has 1 atom stereocenters. The summed E-state index contributed by atoms with van der Waals surface area (Å²) in [5.41, 5.74) is 4.15. The van der Waals surface area contributed by atoms with Crippen LogP contribution in [0.5, 0.6) is 5.75 Å². The third-order valence-electron chi connectivity index (χ3n) is 5.59. The molecule has 31 heavy (non-hydrogen) atoms. The molecule has 4 rings (SSSR count). The second-order valence-electron chi connectivity index (χ2n) is 7.82. The van der Waals surface area contributed by atoms with E-state index in [2.05, 4.69) is 29.5 Å². The molecule has 0 spiro atoms. The SMILES string of the molecule is CCCOc1ccc(C(=O)[C@@H]2CC(=O)Nc3c2c(C)nn3-c2cccc(CC)c2)cc1. The van der Waals surface area contributed by atoms with Gasteiger partial charge in [0.25, 0.3) is 0 Å². The van der Waals surface area contributed by atoms with Gasteiger partial charge in [-0.25, -0.2) is 4.68 Å². The highest BCUT2D eigenvalue weighted by Crippen LogP contribution is 2.38.